The third-order valence-electron chi connectivity index (χ3n) is 1.25. The van der Waals surface area contributed by atoms with E-state index in [4.69, 9.17) is 29.9 Å². The zero-order valence-electron chi connectivity index (χ0n) is 6.10. The second-order valence-corrected chi connectivity index (χ2v) is 6.21. The van der Waals surface area contributed by atoms with Gasteiger partial charge in [0.15, 0.2) is 0 Å². The summed E-state index contributed by atoms with van der Waals surface area (Å²) in [5.41, 5.74) is 0. The van der Waals surface area contributed by atoms with E-state index in [2.05, 4.69) is 0 Å². The Kier molecular flexibility index (Phi) is 3.41. The first-order chi connectivity index (χ1) is 5.56. The van der Waals surface area contributed by atoms with Crippen molar-refractivity contribution in [2.45, 2.75) is 11.5 Å². The second-order valence-electron chi connectivity index (χ2n) is 2.20. The molecule has 0 saturated carbocycles. The lowest BCUT2D eigenvalue weighted by molar-refractivity contribution is 0.134. The van der Waals surface area contributed by atoms with Crippen molar-refractivity contribution >= 4 is 15.2 Å². The molecule has 0 aromatic heterocycles. The van der Waals surface area contributed by atoms with Gasteiger partial charge < -0.3 is 24.7 Å². The lowest BCUT2D eigenvalue weighted by atomic mass is 10.5. The third-order valence-corrected chi connectivity index (χ3v) is 4.99. The standard InChI is InChI=1S/C3H7NO7P2/c4-2-1-3(5,12(6,7)8)13(9,10)11/h5H,1H2,(H2,6,7,8)(H2,9,10,11). The summed E-state index contributed by atoms with van der Waals surface area (Å²) in [6.45, 7) is 0. The van der Waals surface area contributed by atoms with Gasteiger partial charge in [0.25, 0.3) is 5.08 Å². The van der Waals surface area contributed by atoms with Crippen molar-refractivity contribution in [2.24, 2.45) is 0 Å². The average molecular weight is 231 g/mol. The van der Waals surface area contributed by atoms with Gasteiger partial charge in [0.1, 0.15) is 0 Å². The number of hydrogen-bond donors (Lipinski definition) is 5. The summed E-state index contributed by atoms with van der Waals surface area (Å²) in [6, 6.07) is 1.09. The number of aliphatic hydroxyl groups is 1. The highest BCUT2D eigenvalue weighted by Gasteiger charge is 2.59. The molecule has 5 N–H and O–H groups in total. The molecule has 76 valence electrons. The van der Waals surface area contributed by atoms with Crippen LogP contribution in [-0.4, -0.2) is 29.8 Å². The van der Waals surface area contributed by atoms with Gasteiger partial charge in [-0.05, 0) is 0 Å². The molecule has 0 rings (SSSR count). The maximum atomic E-state index is 10.5. The van der Waals surface area contributed by atoms with Crippen molar-refractivity contribution in [1.82, 2.24) is 0 Å². The van der Waals surface area contributed by atoms with Crippen molar-refractivity contribution < 1.29 is 33.8 Å². The van der Waals surface area contributed by atoms with E-state index in [1.165, 1.54) is 0 Å². The molecular weight excluding hydrogens is 224 g/mol. The van der Waals surface area contributed by atoms with Crippen molar-refractivity contribution in [3.63, 3.8) is 0 Å². The second kappa shape index (κ2) is 3.48. The Hall–Kier alpha value is -0.250. The minimum Gasteiger partial charge on any atom is -0.367 e. The fraction of sp³-hybridized carbons (Fsp3) is 0.667. The SMILES string of the molecule is N#CCC(O)(P(=O)(O)O)P(=O)(O)O. The fourth-order valence-electron chi connectivity index (χ4n) is 0.482. The van der Waals surface area contributed by atoms with Gasteiger partial charge in [0.2, 0.25) is 0 Å². The molecule has 0 unspecified atom stereocenters. The minimum atomic E-state index is -5.46. The Morgan fingerprint density at radius 1 is 1.15 bits per heavy atom. The van der Waals surface area contributed by atoms with Crippen LogP contribution in [0.25, 0.3) is 0 Å². The van der Waals surface area contributed by atoms with Gasteiger partial charge in [0, 0.05) is 0 Å². The van der Waals surface area contributed by atoms with Crippen molar-refractivity contribution in [2.75, 3.05) is 0 Å². The monoisotopic (exact) mass is 231 g/mol. The van der Waals surface area contributed by atoms with Crippen molar-refractivity contribution in [3.8, 4) is 6.07 Å². The van der Waals surface area contributed by atoms with E-state index in [0.29, 0.717) is 0 Å². The first kappa shape index (κ1) is 12.8. The van der Waals surface area contributed by atoms with Crippen LogP contribution in [0.4, 0.5) is 0 Å². The lowest BCUT2D eigenvalue weighted by Crippen LogP contribution is -2.27. The molecule has 0 heterocycles. The number of nitrogens with zero attached hydrogens (tertiary/aromatic N) is 1. The normalized spacial score (nSPS) is 13.8. The first-order valence-electron chi connectivity index (χ1n) is 2.77. The number of hydrogen-bond acceptors (Lipinski definition) is 4. The molecule has 0 aliphatic rings. The summed E-state index contributed by atoms with van der Waals surface area (Å²) in [4.78, 5) is 33.7. The predicted octanol–water partition coefficient (Wildman–Crippen LogP) is -1.10. The predicted molar refractivity (Wildman–Crippen MR) is 39.3 cm³/mol. The Morgan fingerprint density at radius 2 is 1.46 bits per heavy atom. The third kappa shape index (κ3) is 2.36. The van der Waals surface area contributed by atoms with E-state index < -0.39 is 26.7 Å². The van der Waals surface area contributed by atoms with Gasteiger partial charge in [-0.15, -0.1) is 0 Å². The van der Waals surface area contributed by atoms with Crippen LogP contribution in [0, 0.1) is 11.3 Å². The van der Waals surface area contributed by atoms with Gasteiger partial charge in [-0.25, -0.2) is 0 Å². The summed E-state index contributed by atoms with van der Waals surface area (Å²) >= 11 is 0. The van der Waals surface area contributed by atoms with Gasteiger partial charge in [0.05, 0.1) is 12.5 Å². The molecular formula is C3H7NO7P2. The largest absolute Gasteiger partial charge is 0.370 e. The van der Waals surface area contributed by atoms with Crippen molar-refractivity contribution in [1.29, 1.82) is 5.26 Å². The van der Waals surface area contributed by atoms with Crippen LogP contribution in [0.1, 0.15) is 6.42 Å². The maximum absolute atomic E-state index is 10.5. The Bertz CT molecular complexity index is 297. The van der Waals surface area contributed by atoms with Gasteiger partial charge in [-0.2, -0.15) is 5.26 Å². The minimum absolute atomic E-state index is 1.09. The highest BCUT2D eigenvalue weighted by atomic mass is 31.2. The van der Waals surface area contributed by atoms with Crippen LogP contribution in [0.2, 0.25) is 0 Å². The zero-order chi connectivity index (χ0) is 10.9. The molecule has 8 nitrogen and oxygen atoms in total. The van der Waals surface area contributed by atoms with Crippen LogP contribution in [0.15, 0.2) is 0 Å². The first-order valence-corrected chi connectivity index (χ1v) is 5.99. The molecule has 0 amide bonds. The molecule has 0 fully saturated rings. The molecule has 10 heteroatoms. The van der Waals surface area contributed by atoms with Gasteiger partial charge >= 0.3 is 15.2 Å². The van der Waals surface area contributed by atoms with Crippen LogP contribution in [-0.2, 0) is 9.13 Å². The van der Waals surface area contributed by atoms with Crippen LogP contribution < -0.4 is 0 Å². The average Bonchev–Trinajstić information content (AvgIpc) is 1.82. The van der Waals surface area contributed by atoms with Crippen LogP contribution in [0.3, 0.4) is 0 Å². The maximum Gasteiger partial charge on any atom is 0.370 e. The highest BCUT2D eigenvalue weighted by molar-refractivity contribution is 7.72. The number of nitriles is 1. The summed E-state index contributed by atoms with van der Waals surface area (Å²) in [5.74, 6) is 0. The van der Waals surface area contributed by atoms with E-state index in [0.717, 1.165) is 6.07 Å². The van der Waals surface area contributed by atoms with Crippen molar-refractivity contribution in [3.05, 3.63) is 0 Å². The van der Waals surface area contributed by atoms with Gasteiger partial charge in [-0.3, -0.25) is 9.13 Å². The van der Waals surface area contributed by atoms with Crippen LogP contribution in [0.5, 0.6) is 0 Å². The summed E-state index contributed by atoms with van der Waals surface area (Å²) in [6.07, 6.45) is -1.35. The Morgan fingerprint density at radius 3 is 1.54 bits per heavy atom. The smallest absolute Gasteiger partial charge is 0.367 e. The molecule has 0 bridgehead atoms. The Labute approximate surface area is 72.8 Å². The molecule has 0 aliphatic heterocycles. The van der Waals surface area contributed by atoms with Gasteiger partial charge in [-0.1, -0.05) is 0 Å². The zero-order valence-corrected chi connectivity index (χ0v) is 7.89. The number of rotatable bonds is 3. The molecule has 13 heavy (non-hydrogen) atoms. The summed E-state index contributed by atoms with van der Waals surface area (Å²) in [5, 5.41) is 13.4. The molecule has 0 atom stereocenters. The van der Waals surface area contributed by atoms with Crippen LogP contribution >= 0.6 is 15.2 Å². The van der Waals surface area contributed by atoms with E-state index in [-0.39, 0.29) is 0 Å². The molecule has 0 aromatic rings. The fourth-order valence-corrected chi connectivity index (χ4v) is 2.39. The highest BCUT2D eigenvalue weighted by Crippen LogP contribution is 2.68. The molecule has 0 aliphatic carbocycles. The van der Waals surface area contributed by atoms with E-state index >= 15 is 0 Å². The van der Waals surface area contributed by atoms with E-state index in [9.17, 15) is 9.13 Å². The quantitative estimate of drug-likeness (QED) is 0.382. The lowest BCUT2D eigenvalue weighted by Gasteiger charge is -2.26. The molecule has 0 saturated heterocycles. The molecule has 0 spiro atoms. The summed E-state index contributed by atoms with van der Waals surface area (Å²) in [7, 11) is -10.9. The molecule has 0 radical (unpaired) electrons. The van der Waals surface area contributed by atoms with E-state index in [1.807, 2.05) is 0 Å². The Balaban J connectivity index is 5.38. The summed E-state index contributed by atoms with van der Waals surface area (Å²) < 4.78 is 21.0. The molecule has 0 aromatic carbocycles. The van der Waals surface area contributed by atoms with E-state index in [1.54, 1.807) is 0 Å². The topological polar surface area (TPSA) is 159 Å².